The molecule has 0 aliphatic rings. The van der Waals surface area contributed by atoms with Crippen LogP contribution in [-0.2, 0) is 23.1 Å². The highest BCUT2D eigenvalue weighted by Gasteiger charge is 2.24. The zero-order valence-corrected chi connectivity index (χ0v) is 16.6. The summed E-state index contributed by atoms with van der Waals surface area (Å²) in [6, 6.07) is 12.9. The van der Waals surface area contributed by atoms with Gasteiger partial charge in [0.2, 0.25) is 5.91 Å². The number of carbonyl (C=O) groups excluding carboxylic acids is 2. The molecular weight excluding hydrogens is 342 g/mol. The van der Waals surface area contributed by atoms with Gasteiger partial charge in [-0.25, -0.2) is 0 Å². The summed E-state index contributed by atoms with van der Waals surface area (Å²) < 4.78 is 7.15. The summed E-state index contributed by atoms with van der Waals surface area (Å²) in [5, 5.41) is 0. The van der Waals surface area contributed by atoms with Crippen LogP contribution in [0.2, 0.25) is 0 Å². The third kappa shape index (κ3) is 5.69. The number of hydrogen-bond acceptors (Lipinski definition) is 3. The quantitative estimate of drug-likeness (QED) is 0.681. The molecule has 1 heterocycles. The van der Waals surface area contributed by atoms with E-state index in [2.05, 4.69) is 0 Å². The number of benzene rings is 1. The maximum Gasteiger partial charge on any atom is 0.254 e. The maximum absolute atomic E-state index is 13.0. The molecule has 0 saturated carbocycles. The van der Waals surface area contributed by atoms with Gasteiger partial charge in [0.05, 0.1) is 13.2 Å². The lowest BCUT2D eigenvalue weighted by Gasteiger charge is -2.30. The van der Waals surface area contributed by atoms with Crippen molar-refractivity contribution in [2.75, 3.05) is 26.8 Å². The minimum Gasteiger partial charge on any atom is -0.383 e. The van der Waals surface area contributed by atoms with Crippen LogP contribution in [0.25, 0.3) is 0 Å². The average molecular weight is 371 g/mol. The average Bonchev–Trinajstić information content (AvgIpc) is 3.07. The Morgan fingerprint density at radius 1 is 1.11 bits per heavy atom. The Labute approximate surface area is 161 Å². The van der Waals surface area contributed by atoms with E-state index in [1.54, 1.807) is 29.0 Å². The van der Waals surface area contributed by atoms with Crippen LogP contribution in [0.3, 0.4) is 0 Å². The lowest BCUT2D eigenvalue weighted by Crippen LogP contribution is -2.46. The summed E-state index contributed by atoms with van der Waals surface area (Å²) in [6.07, 6.45) is 1.95. The van der Waals surface area contributed by atoms with Gasteiger partial charge in [-0.1, -0.05) is 18.2 Å². The molecule has 0 bridgehead atoms. The highest BCUT2D eigenvalue weighted by atomic mass is 16.5. The number of hydrogen-bond donors (Lipinski definition) is 0. The van der Waals surface area contributed by atoms with Gasteiger partial charge in [-0.15, -0.1) is 0 Å². The number of carbonyl (C=O) groups is 2. The Balaban J connectivity index is 2.14. The van der Waals surface area contributed by atoms with Crippen molar-refractivity contribution < 1.29 is 14.3 Å². The molecular formula is C21H29N3O3. The number of nitrogens with zero attached hydrogens (tertiary/aromatic N) is 3. The van der Waals surface area contributed by atoms with E-state index in [0.29, 0.717) is 25.3 Å². The highest BCUT2D eigenvalue weighted by Crippen LogP contribution is 2.11. The van der Waals surface area contributed by atoms with Crippen molar-refractivity contribution in [3.05, 3.63) is 59.9 Å². The van der Waals surface area contributed by atoms with Gasteiger partial charge in [-0.05, 0) is 38.1 Å². The maximum atomic E-state index is 13.0. The second-order valence-corrected chi connectivity index (χ2v) is 6.81. The van der Waals surface area contributed by atoms with Gasteiger partial charge in [0.25, 0.3) is 5.91 Å². The van der Waals surface area contributed by atoms with Crippen molar-refractivity contribution >= 4 is 11.8 Å². The van der Waals surface area contributed by atoms with E-state index in [1.807, 2.05) is 62.0 Å². The number of amides is 2. The van der Waals surface area contributed by atoms with Crippen LogP contribution in [0, 0.1) is 0 Å². The first-order valence-corrected chi connectivity index (χ1v) is 9.17. The molecule has 27 heavy (non-hydrogen) atoms. The fourth-order valence-corrected chi connectivity index (χ4v) is 2.83. The molecule has 0 aliphatic heterocycles. The van der Waals surface area contributed by atoms with E-state index < -0.39 is 0 Å². The Kier molecular flexibility index (Phi) is 7.61. The molecule has 146 valence electrons. The van der Waals surface area contributed by atoms with Gasteiger partial charge in [0.15, 0.2) is 0 Å². The van der Waals surface area contributed by atoms with Gasteiger partial charge in [0, 0.05) is 44.2 Å². The summed E-state index contributed by atoms with van der Waals surface area (Å²) in [5.74, 6) is -0.226. The number of aromatic nitrogens is 1. The van der Waals surface area contributed by atoms with Crippen molar-refractivity contribution in [3.8, 4) is 0 Å². The van der Waals surface area contributed by atoms with Crippen LogP contribution in [0.4, 0.5) is 0 Å². The third-order valence-corrected chi connectivity index (χ3v) is 4.53. The predicted octanol–water partition coefficient (Wildman–Crippen LogP) is 2.55. The standard InChI is InChI=1S/C21H29N3O3/c1-17(2)24(21(26)18-9-6-5-7-10-18)16-20(25)23(13-14-27-4)15-19-11-8-12-22(19)3/h5-12,17H,13-16H2,1-4H3. The van der Waals surface area contributed by atoms with Gasteiger partial charge in [-0.3, -0.25) is 9.59 Å². The van der Waals surface area contributed by atoms with E-state index in [1.165, 1.54) is 0 Å². The monoisotopic (exact) mass is 371 g/mol. The first-order chi connectivity index (χ1) is 12.9. The summed E-state index contributed by atoms with van der Waals surface area (Å²) >= 11 is 0. The molecule has 0 fully saturated rings. The van der Waals surface area contributed by atoms with E-state index in [9.17, 15) is 9.59 Å². The second kappa shape index (κ2) is 9.92. The Hall–Kier alpha value is -2.60. The smallest absolute Gasteiger partial charge is 0.254 e. The van der Waals surface area contributed by atoms with Gasteiger partial charge < -0.3 is 19.1 Å². The number of ether oxygens (including phenoxy) is 1. The van der Waals surface area contributed by atoms with Crippen LogP contribution >= 0.6 is 0 Å². The topological polar surface area (TPSA) is 54.8 Å². The molecule has 1 aromatic carbocycles. The molecule has 2 rings (SSSR count). The Morgan fingerprint density at radius 3 is 2.37 bits per heavy atom. The molecule has 0 N–H and O–H groups in total. The normalized spacial score (nSPS) is 10.9. The van der Waals surface area contributed by atoms with E-state index >= 15 is 0 Å². The molecule has 1 aromatic heterocycles. The van der Waals surface area contributed by atoms with Crippen LogP contribution in [0.15, 0.2) is 48.7 Å². The summed E-state index contributed by atoms with van der Waals surface area (Å²) in [4.78, 5) is 29.2. The molecule has 0 spiro atoms. The fourth-order valence-electron chi connectivity index (χ4n) is 2.83. The minimum absolute atomic E-state index is 0.0412. The largest absolute Gasteiger partial charge is 0.383 e. The van der Waals surface area contributed by atoms with Crippen molar-refractivity contribution in [2.24, 2.45) is 7.05 Å². The lowest BCUT2D eigenvalue weighted by atomic mass is 10.1. The second-order valence-electron chi connectivity index (χ2n) is 6.81. The van der Waals surface area contributed by atoms with Crippen LogP contribution < -0.4 is 0 Å². The SMILES string of the molecule is COCCN(Cc1cccn1C)C(=O)CN(C(=O)c1ccccc1)C(C)C. The molecule has 0 radical (unpaired) electrons. The van der Waals surface area contributed by atoms with Crippen molar-refractivity contribution in [1.29, 1.82) is 0 Å². The van der Waals surface area contributed by atoms with Crippen molar-refractivity contribution in [1.82, 2.24) is 14.4 Å². The molecule has 6 heteroatoms. The molecule has 0 atom stereocenters. The summed E-state index contributed by atoms with van der Waals surface area (Å²) in [6.45, 7) is 5.29. The first-order valence-electron chi connectivity index (χ1n) is 9.17. The zero-order chi connectivity index (χ0) is 19.8. The van der Waals surface area contributed by atoms with Crippen molar-refractivity contribution in [3.63, 3.8) is 0 Å². The number of aryl methyl sites for hydroxylation is 1. The molecule has 6 nitrogen and oxygen atoms in total. The third-order valence-electron chi connectivity index (χ3n) is 4.53. The number of methoxy groups -OCH3 is 1. The number of rotatable bonds is 9. The molecule has 0 aliphatic carbocycles. The fraction of sp³-hybridized carbons (Fsp3) is 0.429. The van der Waals surface area contributed by atoms with Gasteiger partial charge in [-0.2, -0.15) is 0 Å². The van der Waals surface area contributed by atoms with Crippen LogP contribution in [0.5, 0.6) is 0 Å². The van der Waals surface area contributed by atoms with Crippen LogP contribution in [-0.4, -0.2) is 59.0 Å². The zero-order valence-electron chi connectivity index (χ0n) is 16.6. The first kappa shape index (κ1) is 20.7. The molecule has 2 amide bonds. The molecule has 0 unspecified atom stereocenters. The minimum atomic E-state index is -0.135. The van der Waals surface area contributed by atoms with Crippen LogP contribution in [0.1, 0.15) is 29.9 Å². The molecule has 2 aromatic rings. The Morgan fingerprint density at radius 2 is 1.81 bits per heavy atom. The Bertz CT molecular complexity index is 740. The van der Waals surface area contributed by atoms with Gasteiger partial charge >= 0.3 is 0 Å². The highest BCUT2D eigenvalue weighted by molar-refractivity contribution is 5.96. The summed E-state index contributed by atoms with van der Waals surface area (Å²) in [7, 11) is 3.57. The molecule has 0 saturated heterocycles. The van der Waals surface area contributed by atoms with E-state index in [4.69, 9.17) is 4.74 Å². The lowest BCUT2D eigenvalue weighted by molar-refractivity contribution is -0.133. The van der Waals surface area contributed by atoms with Gasteiger partial charge in [0.1, 0.15) is 6.54 Å². The predicted molar refractivity (Wildman–Crippen MR) is 105 cm³/mol. The van der Waals surface area contributed by atoms with E-state index in [0.717, 1.165) is 5.69 Å². The van der Waals surface area contributed by atoms with E-state index in [-0.39, 0.29) is 24.4 Å². The summed E-state index contributed by atoms with van der Waals surface area (Å²) in [5.41, 5.74) is 1.62. The van der Waals surface area contributed by atoms with Crippen molar-refractivity contribution in [2.45, 2.75) is 26.4 Å².